The Morgan fingerprint density at radius 1 is 0.579 bits per heavy atom. The average Bonchev–Trinajstić information content (AvgIpc) is 3.68. The molecule has 6 aromatic rings. The van der Waals surface area contributed by atoms with Crippen LogP contribution in [0, 0.1) is 13.8 Å². The smallest absolute Gasteiger partial charge is 0.339 e. The third-order valence-electron chi connectivity index (χ3n) is 9.47. The molecule has 0 bridgehead atoms. The number of ether oxygens (including phenoxy) is 7. The molecule has 0 fully saturated rings. The molecule has 15 nitrogen and oxygen atoms in total. The molecule has 0 unspecified atom stereocenters. The highest BCUT2D eigenvalue weighted by atomic mass is 16.5. The maximum atomic E-state index is 13.8. The summed E-state index contributed by atoms with van der Waals surface area (Å²) in [4.78, 5) is 52.2. The zero-order chi connectivity index (χ0) is 41.0. The van der Waals surface area contributed by atoms with E-state index in [1.165, 1.54) is 52.7 Å². The fraction of sp³-hybridized carbons (Fsp3) is 0.238. The fourth-order valence-corrected chi connectivity index (χ4v) is 6.78. The van der Waals surface area contributed by atoms with Crippen LogP contribution in [0.2, 0.25) is 0 Å². The first-order valence-corrected chi connectivity index (χ1v) is 17.7. The second kappa shape index (κ2) is 16.8. The zero-order valence-corrected chi connectivity index (χ0v) is 32.3. The number of esters is 2. The van der Waals surface area contributed by atoms with Crippen LogP contribution in [0.5, 0.6) is 23.0 Å². The monoisotopic (exact) mass is 778 g/mol. The zero-order valence-electron chi connectivity index (χ0n) is 32.3. The number of pyridine rings is 2. The topological polar surface area (TPSA) is 194 Å². The summed E-state index contributed by atoms with van der Waals surface area (Å²) in [5, 5.41) is 0. The van der Waals surface area contributed by atoms with Gasteiger partial charge in [-0.1, -0.05) is 0 Å². The van der Waals surface area contributed by atoms with Gasteiger partial charge in [0.1, 0.15) is 47.1 Å². The molecule has 57 heavy (non-hydrogen) atoms. The fourth-order valence-electron chi connectivity index (χ4n) is 6.78. The minimum absolute atomic E-state index is 0.0915. The summed E-state index contributed by atoms with van der Waals surface area (Å²) in [5.74, 6) is -0.133. The van der Waals surface area contributed by atoms with E-state index >= 15 is 0 Å². The van der Waals surface area contributed by atoms with Crippen LogP contribution in [0.3, 0.4) is 0 Å². The average molecular weight is 779 g/mol. The summed E-state index contributed by atoms with van der Waals surface area (Å²) in [7, 11) is 5.52. The van der Waals surface area contributed by atoms with Crippen molar-refractivity contribution in [1.82, 2.24) is 8.80 Å². The predicted molar refractivity (Wildman–Crippen MR) is 210 cm³/mol. The number of aromatic nitrogens is 2. The number of carbonyl (C=O) groups excluding carboxylic acids is 4. The van der Waals surface area contributed by atoms with Crippen molar-refractivity contribution in [2.45, 2.75) is 13.8 Å². The molecule has 296 valence electrons. The molecule has 0 aliphatic rings. The number of nitrogens with zero attached hydrogens (tertiary/aromatic N) is 2. The number of hydrogen-bond donors (Lipinski definition) is 2. The number of methoxy groups -OCH3 is 4. The highest BCUT2D eigenvalue weighted by Gasteiger charge is 2.27. The molecule has 0 saturated heterocycles. The molecular formula is C42H42N4O11. The number of nitrogens with two attached hydrogens (primary N) is 2. The van der Waals surface area contributed by atoms with Gasteiger partial charge in [0.2, 0.25) is 11.6 Å². The van der Waals surface area contributed by atoms with Crippen LogP contribution in [0.4, 0.5) is 11.4 Å². The molecule has 4 N–H and O–H groups in total. The van der Waals surface area contributed by atoms with Gasteiger partial charge in [0.15, 0.2) is 11.5 Å². The molecule has 4 aromatic heterocycles. The maximum Gasteiger partial charge on any atom is 0.339 e. The maximum absolute atomic E-state index is 13.8. The van der Waals surface area contributed by atoms with Crippen LogP contribution in [0.25, 0.3) is 11.0 Å². The first kappa shape index (κ1) is 39.7. The molecule has 0 aliphatic heterocycles. The van der Waals surface area contributed by atoms with Crippen molar-refractivity contribution in [3.63, 3.8) is 0 Å². The summed E-state index contributed by atoms with van der Waals surface area (Å²) in [6, 6.07) is 16.0. The van der Waals surface area contributed by atoms with Crippen LogP contribution < -0.4 is 30.4 Å². The molecule has 4 heterocycles. The Balaban J connectivity index is 1.12. The lowest BCUT2D eigenvalue weighted by atomic mass is 10.0. The van der Waals surface area contributed by atoms with E-state index in [1.807, 2.05) is 0 Å². The molecule has 0 spiro atoms. The van der Waals surface area contributed by atoms with Crippen molar-refractivity contribution in [1.29, 1.82) is 0 Å². The minimum Gasteiger partial charge on any atom is -0.494 e. The third-order valence-corrected chi connectivity index (χ3v) is 9.47. The van der Waals surface area contributed by atoms with Gasteiger partial charge in [-0.25, -0.2) is 9.59 Å². The normalized spacial score (nSPS) is 11.1. The Morgan fingerprint density at radius 3 is 1.35 bits per heavy atom. The van der Waals surface area contributed by atoms with Crippen molar-refractivity contribution in [2.24, 2.45) is 0 Å². The van der Waals surface area contributed by atoms with E-state index in [9.17, 15) is 19.2 Å². The van der Waals surface area contributed by atoms with Gasteiger partial charge < -0.3 is 53.4 Å². The van der Waals surface area contributed by atoms with Gasteiger partial charge in [-0.2, -0.15) is 0 Å². The summed E-state index contributed by atoms with van der Waals surface area (Å²) in [5.41, 5.74) is 15.9. The quantitative estimate of drug-likeness (QED) is 0.0542. The lowest BCUT2D eigenvalue weighted by Crippen LogP contribution is -2.13. The molecule has 0 atom stereocenters. The Hall–Kier alpha value is -7.00. The third kappa shape index (κ3) is 7.39. The number of anilines is 2. The van der Waals surface area contributed by atoms with E-state index in [2.05, 4.69) is 0 Å². The summed E-state index contributed by atoms with van der Waals surface area (Å²) in [6.45, 7) is 4.32. The van der Waals surface area contributed by atoms with E-state index in [4.69, 9.17) is 44.6 Å². The number of ketones is 2. The lowest BCUT2D eigenvalue weighted by molar-refractivity contribution is 0.0593. The van der Waals surface area contributed by atoms with E-state index in [-0.39, 0.29) is 71.6 Å². The number of benzene rings is 2. The van der Waals surface area contributed by atoms with Crippen LogP contribution in [0.1, 0.15) is 63.9 Å². The molecule has 0 amide bonds. The number of rotatable bonds is 16. The van der Waals surface area contributed by atoms with Gasteiger partial charge in [0.05, 0.1) is 52.8 Å². The van der Waals surface area contributed by atoms with E-state index < -0.39 is 11.9 Å². The van der Waals surface area contributed by atoms with Gasteiger partial charge in [-0.3, -0.25) is 9.59 Å². The van der Waals surface area contributed by atoms with Crippen LogP contribution >= 0.6 is 0 Å². The van der Waals surface area contributed by atoms with Crippen molar-refractivity contribution in [2.75, 3.05) is 66.3 Å². The van der Waals surface area contributed by atoms with Gasteiger partial charge in [0.25, 0.3) is 0 Å². The van der Waals surface area contributed by atoms with Crippen LogP contribution in [0.15, 0.2) is 73.1 Å². The Morgan fingerprint density at radius 2 is 0.982 bits per heavy atom. The predicted octanol–water partition coefficient (Wildman–Crippen LogP) is 5.50. The molecule has 0 saturated carbocycles. The Kier molecular flexibility index (Phi) is 11.7. The van der Waals surface area contributed by atoms with Gasteiger partial charge >= 0.3 is 11.9 Å². The molecule has 0 aliphatic carbocycles. The largest absolute Gasteiger partial charge is 0.494 e. The summed E-state index contributed by atoms with van der Waals surface area (Å²) in [6.07, 6.45) is 3.47. The number of fused-ring (bicyclic) bond motifs is 2. The number of hydrogen-bond acceptors (Lipinski definition) is 13. The highest BCUT2D eigenvalue weighted by molar-refractivity contribution is 6.13. The first-order valence-electron chi connectivity index (χ1n) is 17.7. The second-order valence-electron chi connectivity index (χ2n) is 12.8. The lowest BCUT2D eigenvalue weighted by Gasteiger charge is -2.12. The van der Waals surface area contributed by atoms with Crippen LogP contribution in [-0.4, -0.2) is 87.2 Å². The molecular weight excluding hydrogens is 736 g/mol. The van der Waals surface area contributed by atoms with Crippen LogP contribution in [-0.2, 0) is 14.2 Å². The number of nitrogen functional groups attached to an aromatic ring is 2. The van der Waals surface area contributed by atoms with Gasteiger partial charge in [-0.05, 0) is 74.5 Å². The molecule has 2 aromatic carbocycles. The molecule has 6 rings (SSSR count). The van der Waals surface area contributed by atoms with Crippen molar-refractivity contribution in [3.8, 4) is 23.0 Å². The van der Waals surface area contributed by atoms with Crippen molar-refractivity contribution >= 4 is 45.9 Å². The van der Waals surface area contributed by atoms with Gasteiger partial charge in [0, 0.05) is 46.0 Å². The van der Waals surface area contributed by atoms with E-state index in [0.29, 0.717) is 56.5 Å². The minimum atomic E-state index is -0.647. The molecule has 15 heteroatoms. The van der Waals surface area contributed by atoms with E-state index in [1.54, 1.807) is 71.4 Å². The standard InChI is InChI=1S/C42H42N4O11/c1-23-33(37(47)25-11-13-29(43)27(21-25)41(49)53-5)45-15-7-9-31(35(45)39(23)51-3)56-19-17-55-18-20-57-32-10-8-16-46-34(24(2)40(52-4)36(32)46)38(48)26-12-14-30(44)28(22-26)42(50)54-6/h7-16,21-22H,17-20,43-44H2,1-6H3. The SMILES string of the molecule is COC(=O)c1cc(C(=O)c2c(C)c(OC)c3c(OCCOCCOc4cccn5c(C(=O)c6ccc(N)c(C(=O)OC)c6)c(C)c(OC)c45)cccn23)ccc1N. The van der Waals surface area contributed by atoms with Gasteiger partial charge in [-0.15, -0.1) is 0 Å². The summed E-state index contributed by atoms with van der Waals surface area (Å²) >= 11 is 0. The first-order chi connectivity index (χ1) is 27.5. The van der Waals surface area contributed by atoms with Crippen molar-refractivity contribution in [3.05, 3.63) is 118 Å². The molecule has 0 radical (unpaired) electrons. The Labute approximate surface area is 327 Å². The number of carbonyl (C=O) groups is 4. The van der Waals surface area contributed by atoms with Crippen molar-refractivity contribution < 1.29 is 52.3 Å². The Bertz CT molecular complexity index is 2360. The van der Waals surface area contributed by atoms with E-state index in [0.717, 1.165) is 0 Å². The second-order valence-corrected chi connectivity index (χ2v) is 12.8. The summed E-state index contributed by atoms with van der Waals surface area (Å²) < 4.78 is 42.6. The highest BCUT2D eigenvalue weighted by Crippen LogP contribution is 2.39.